The Labute approximate surface area is 123 Å². The van der Waals surface area contributed by atoms with E-state index in [-0.39, 0.29) is 0 Å². The molecule has 0 atom stereocenters. The van der Waals surface area contributed by atoms with Crippen LogP contribution < -0.4 is 4.90 Å². The third-order valence-electron chi connectivity index (χ3n) is 3.95. The Morgan fingerprint density at radius 2 is 2.10 bits per heavy atom. The topological polar surface area (TPSA) is 42.4 Å². The normalized spacial score (nSPS) is 13.7. The maximum absolute atomic E-state index is 5.73. The smallest absolute Gasteiger partial charge is 0.263 e. The van der Waals surface area contributed by atoms with Gasteiger partial charge in [0, 0.05) is 12.2 Å². The van der Waals surface area contributed by atoms with Crippen molar-refractivity contribution < 1.29 is 8.83 Å². The molecule has 0 radical (unpaired) electrons. The second kappa shape index (κ2) is 4.81. The summed E-state index contributed by atoms with van der Waals surface area (Å²) < 4.78 is 11.1. The van der Waals surface area contributed by atoms with E-state index < -0.39 is 0 Å². The maximum Gasteiger partial charge on any atom is 0.263 e. The molecule has 106 valence electrons. The molecular formula is C17H16N2O2. The van der Waals surface area contributed by atoms with Gasteiger partial charge in [0.25, 0.3) is 5.89 Å². The van der Waals surface area contributed by atoms with E-state index in [1.54, 1.807) is 6.26 Å². The molecular weight excluding hydrogens is 264 g/mol. The van der Waals surface area contributed by atoms with Crippen LogP contribution in [0.4, 0.5) is 5.69 Å². The fourth-order valence-electron chi connectivity index (χ4n) is 2.83. The molecule has 1 aliphatic rings. The van der Waals surface area contributed by atoms with Gasteiger partial charge in [-0.2, -0.15) is 0 Å². The van der Waals surface area contributed by atoms with Crippen LogP contribution in [0.25, 0.3) is 11.7 Å². The molecule has 4 rings (SSSR count). The van der Waals surface area contributed by atoms with Crippen molar-refractivity contribution in [3.8, 4) is 11.7 Å². The first-order chi connectivity index (χ1) is 10.3. The number of oxazole rings is 1. The number of fused-ring (bicyclic) bond motifs is 1. The predicted octanol–water partition coefficient (Wildman–Crippen LogP) is 3.81. The van der Waals surface area contributed by atoms with Gasteiger partial charge in [0.2, 0.25) is 0 Å². The standard InChI is InChI=1S/C17H16N2O2/c1-12-14(18-17(21-12)16-7-4-10-20-16)11-19-9-8-13-5-2-3-6-15(13)19/h2-7,10H,8-9,11H2,1H3. The Bertz CT molecular complexity index is 759. The number of hydrogen-bond acceptors (Lipinski definition) is 4. The second-order valence-electron chi connectivity index (χ2n) is 5.30. The molecule has 2 aromatic heterocycles. The lowest BCUT2D eigenvalue weighted by Crippen LogP contribution is -2.20. The van der Waals surface area contributed by atoms with E-state index in [0.717, 1.165) is 31.0 Å². The Kier molecular flexibility index (Phi) is 2.81. The summed E-state index contributed by atoms with van der Waals surface area (Å²) in [6.07, 6.45) is 2.73. The number of benzene rings is 1. The summed E-state index contributed by atoms with van der Waals surface area (Å²) in [5.74, 6) is 2.08. The van der Waals surface area contributed by atoms with Gasteiger partial charge in [-0.05, 0) is 37.1 Å². The highest BCUT2D eigenvalue weighted by Crippen LogP contribution is 2.30. The van der Waals surface area contributed by atoms with Crippen molar-refractivity contribution in [2.75, 3.05) is 11.4 Å². The van der Waals surface area contributed by atoms with Gasteiger partial charge < -0.3 is 13.7 Å². The van der Waals surface area contributed by atoms with Crippen molar-refractivity contribution in [1.82, 2.24) is 4.98 Å². The van der Waals surface area contributed by atoms with E-state index in [1.807, 2.05) is 19.1 Å². The van der Waals surface area contributed by atoms with Crippen LogP contribution in [-0.4, -0.2) is 11.5 Å². The average molecular weight is 280 g/mol. The van der Waals surface area contributed by atoms with Gasteiger partial charge in [-0.15, -0.1) is 0 Å². The average Bonchev–Trinajstić information content (AvgIpc) is 3.21. The number of nitrogens with zero attached hydrogens (tertiary/aromatic N) is 2. The minimum Gasteiger partial charge on any atom is -0.459 e. The number of aromatic nitrogens is 1. The molecule has 0 saturated carbocycles. The van der Waals surface area contributed by atoms with Crippen molar-refractivity contribution in [2.45, 2.75) is 19.9 Å². The van der Waals surface area contributed by atoms with Crippen LogP contribution in [0.3, 0.4) is 0 Å². The van der Waals surface area contributed by atoms with Crippen molar-refractivity contribution in [2.24, 2.45) is 0 Å². The molecule has 1 aliphatic heterocycles. The van der Waals surface area contributed by atoms with Gasteiger partial charge >= 0.3 is 0 Å². The molecule has 0 unspecified atom stereocenters. The molecule has 1 aromatic carbocycles. The van der Waals surface area contributed by atoms with Gasteiger partial charge in [0.1, 0.15) is 11.5 Å². The molecule has 0 amide bonds. The summed E-state index contributed by atoms with van der Waals surface area (Å²) >= 11 is 0. The number of rotatable bonds is 3. The Balaban J connectivity index is 1.61. The minimum absolute atomic E-state index is 0.556. The molecule has 3 heterocycles. The second-order valence-corrected chi connectivity index (χ2v) is 5.30. The Hall–Kier alpha value is -2.49. The highest BCUT2D eigenvalue weighted by molar-refractivity contribution is 5.58. The van der Waals surface area contributed by atoms with Crippen LogP contribution in [0.1, 0.15) is 17.0 Å². The number of furan rings is 1. The molecule has 21 heavy (non-hydrogen) atoms. The maximum atomic E-state index is 5.73. The van der Waals surface area contributed by atoms with Crippen molar-refractivity contribution in [3.63, 3.8) is 0 Å². The lowest BCUT2D eigenvalue weighted by molar-refractivity contribution is 0.499. The number of para-hydroxylation sites is 1. The number of hydrogen-bond donors (Lipinski definition) is 0. The Morgan fingerprint density at radius 3 is 2.95 bits per heavy atom. The lowest BCUT2D eigenvalue weighted by Gasteiger charge is -2.17. The summed E-state index contributed by atoms with van der Waals surface area (Å²) in [5.41, 5.74) is 3.68. The highest BCUT2D eigenvalue weighted by atomic mass is 16.4. The van der Waals surface area contributed by atoms with Crippen LogP contribution >= 0.6 is 0 Å². The minimum atomic E-state index is 0.556. The van der Waals surface area contributed by atoms with E-state index in [4.69, 9.17) is 8.83 Å². The number of aryl methyl sites for hydroxylation is 1. The SMILES string of the molecule is Cc1oc(-c2ccco2)nc1CN1CCc2ccccc21. The predicted molar refractivity (Wildman–Crippen MR) is 80.1 cm³/mol. The lowest BCUT2D eigenvalue weighted by atomic mass is 10.2. The quantitative estimate of drug-likeness (QED) is 0.731. The molecule has 0 N–H and O–H groups in total. The summed E-state index contributed by atoms with van der Waals surface area (Å²) in [6, 6.07) is 12.2. The van der Waals surface area contributed by atoms with Crippen molar-refractivity contribution >= 4 is 5.69 Å². The van der Waals surface area contributed by atoms with Crippen LogP contribution in [0.2, 0.25) is 0 Å². The summed E-state index contributed by atoms with van der Waals surface area (Å²) in [5, 5.41) is 0. The van der Waals surface area contributed by atoms with Crippen LogP contribution in [0, 0.1) is 6.92 Å². The Morgan fingerprint density at radius 1 is 1.19 bits per heavy atom. The van der Waals surface area contributed by atoms with Crippen LogP contribution in [-0.2, 0) is 13.0 Å². The zero-order valence-electron chi connectivity index (χ0n) is 11.9. The molecule has 4 heteroatoms. The van der Waals surface area contributed by atoms with E-state index in [2.05, 4.69) is 34.1 Å². The summed E-state index contributed by atoms with van der Waals surface area (Å²) in [6.45, 7) is 3.76. The summed E-state index contributed by atoms with van der Waals surface area (Å²) in [7, 11) is 0. The van der Waals surface area contributed by atoms with Crippen molar-refractivity contribution in [3.05, 3.63) is 59.7 Å². The third-order valence-corrected chi connectivity index (χ3v) is 3.95. The van der Waals surface area contributed by atoms with Gasteiger partial charge in [0.05, 0.1) is 12.8 Å². The third kappa shape index (κ3) is 2.13. The van der Waals surface area contributed by atoms with E-state index in [0.29, 0.717) is 11.7 Å². The monoisotopic (exact) mass is 280 g/mol. The van der Waals surface area contributed by atoms with Gasteiger partial charge in [0.15, 0.2) is 5.76 Å². The molecule has 0 bridgehead atoms. The van der Waals surface area contributed by atoms with Crippen LogP contribution in [0.15, 0.2) is 51.5 Å². The summed E-state index contributed by atoms with van der Waals surface area (Å²) in [4.78, 5) is 6.94. The zero-order valence-corrected chi connectivity index (χ0v) is 11.9. The van der Waals surface area contributed by atoms with Gasteiger partial charge in [-0.25, -0.2) is 4.98 Å². The van der Waals surface area contributed by atoms with E-state index in [1.165, 1.54) is 11.3 Å². The largest absolute Gasteiger partial charge is 0.459 e. The van der Waals surface area contributed by atoms with Crippen molar-refractivity contribution in [1.29, 1.82) is 0 Å². The van der Waals surface area contributed by atoms with Gasteiger partial charge in [-0.1, -0.05) is 18.2 Å². The first-order valence-electron chi connectivity index (χ1n) is 7.14. The van der Waals surface area contributed by atoms with Gasteiger partial charge in [-0.3, -0.25) is 0 Å². The highest BCUT2D eigenvalue weighted by Gasteiger charge is 2.21. The first kappa shape index (κ1) is 12.3. The molecule has 4 nitrogen and oxygen atoms in total. The fraction of sp³-hybridized carbons (Fsp3) is 0.235. The zero-order chi connectivity index (χ0) is 14.2. The fourth-order valence-corrected chi connectivity index (χ4v) is 2.83. The number of anilines is 1. The molecule has 0 spiro atoms. The van der Waals surface area contributed by atoms with Crippen LogP contribution in [0.5, 0.6) is 0 Å². The molecule has 3 aromatic rings. The van der Waals surface area contributed by atoms with E-state index >= 15 is 0 Å². The molecule has 0 aliphatic carbocycles. The first-order valence-corrected chi connectivity index (χ1v) is 7.14. The molecule has 0 saturated heterocycles. The van der Waals surface area contributed by atoms with E-state index in [9.17, 15) is 0 Å². The molecule has 0 fully saturated rings.